The molecular weight excluding hydrogens is 332 g/mol. The van der Waals surface area contributed by atoms with Crippen LogP contribution in [-0.4, -0.2) is 19.3 Å². The van der Waals surface area contributed by atoms with Crippen LogP contribution in [0.15, 0.2) is 87.5 Å². The molecule has 0 radical (unpaired) electrons. The minimum Gasteiger partial charge on any atom is -0.497 e. The van der Waals surface area contributed by atoms with Crippen molar-refractivity contribution in [2.24, 2.45) is 0 Å². The predicted octanol–water partition coefficient (Wildman–Crippen LogP) is 4.29. The van der Waals surface area contributed by atoms with Gasteiger partial charge in [0, 0.05) is 12.1 Å². The van der Waals surface area contributed by atoms with Crippen molar-refractivity contribution in [3.05, 3.63) is 78.4 Å². The maximum Gasteiger partial charge on any atom is 0.170 e. The monoisotopic (exact) mass is 353 g/mol. The molecule has 3 nitrogen and oxygen atoms in total. The van der Waals surface area contributed by atoms with Crippen LogP contribution in [0.5, 0.6) is 11.5 Å². The van der Waals surface area contributed by atoms with Crippen molar-refractivity contribution in [2.45, 2.75) is 21.3 Å². The molecule has 0 spiro atoms. The fraction of sp³-hybridized carbons (Fsp3) is 0.143. The summed E-state index contributed by atoms with van der Waals surface area (Å²) in [4.78, 5) is 3.46. The van der Waals surface area contributed by atoms with E-state index >= 15 is 0 Å². The number of hydrogen-bond donors (Lipinski definition) is 1. The van der Waals surface area contributed by atoms with Crippen LogP contribution in [0.3, 0.4) is 0 Å². The Morgan fingerprint density at radius 3 is 1.68 bits per heavy atom. The zero-order valence-electron chi connectivity index (χ0n) is 14.3. The van der Waals surface area contributed by atoms with Gasteiger partial charge in [0.05, 0.1) is 31.7 Å². The lowest BCUT2D eigenvalue weighted by Crippen LogP contribution is -2.06. The van der Waals surface area contributed by atoms with Gasteiger partial charge in [0.25, 0.3) is 0 Å². The van der Waals surface area contributed by atoms with Crippen LogP contribution >= 0.6 is 0 Å². The van der Waals surface area contributed by atoms with E-state index in [2.05, 4.69) is 36.4 Å². The molecule has 3 aromatic rings. The highest BCUT2D eigenvalue weighted by molar-refractivity contribution is 7.97. The highest BCUT2D eigenvalue weighted by Gasteiger charge is 2.29. The summed E-state index contributed by atoms with van der Waals surface area (Å²) in [6.07, 6.45) is 0. The van der Waals surface area contributed by atoms with Gasteiger partial charge in [0.15, 0.2) is 14.7 Å². The molecule has 4 heteroatoms. The Morgan fingerprint density at radius 1 is 0.720 bits per heavy atom. The molecule has 25 heavy (non-hydrogen) atoms. The van der Waals surface area contributed by atoms with E-state index < -0.39 is 0 Å². The van der Waals surface area contributed by atoms with Crippen LogP contribution in [0.4, 0.5) is 0 Å². The van der Waals surface area contributed by atoms with Crippen molar-refractivity contribution in [3.63, 3.8) is 0 Å². The highest BCUT2D eigenvalue weighted by Crippen LogP contribution is 2.34. The molecule has 0 fully saturated rings. The smallest absolute Gasteiger partial charge is 0.170 e. The van der Waals surface area contributed by atoms with E-state index in [1.807, 2.05) is 36.4 Å². The lowest BCUT2D eigenvalue weighted by atomic mass is 10.2. The first-order valence-electron chi connectivity index (χ1n) is 7.97. The second kappa shape index (κ2) is 8.10. The summed E-state index contributed by atoms with van der Waals surface area (Å²) in [6.45, 7) is 0.0290. The average molecular weight is 353 g/mol. The Balaban J connectivity index is 2.16. The molecule has 0 aliphatic carbocycles. The first-order chi connectivity index (χ1) is 12.2. The van der Waals surface area contributed by atoms with Crippen LogP contribution in [0.25, 0.3) is 0 Å². The first-order valence-corrected chi connectivity index (χ1v) is 9.20. The van der Waals surface area contributed by atoms with Gasteiger partial charge in [0.2, 0.25) is 0 Å². The summed E-state index contributed by atoms with van der Waals surface area (Å²) in [5.41, 5.74) is 0.904. The molecule has 128 valence electrons. The van der Waals surface area contributed by atoms with Crippen molar-refractivity contribution < 1.29 is 14.6 Å². The zero-order chi connectivity index (χ0) is 17.6. The summed E-state index contributed by atoms with van der Waals surface area (Å²) in [6, 6.07) is 24.3. The Bertz CT molecular complexity index is 735. The molecule has 0 unspecified atom stereocenters. The molecule has 3 rings (SSSR count). The fourth-order valence-corrected chi connectivity index (χ4v) is 4.83. The Morgan fingerprint density at radius 2 is 1.20 bits per heavy atom. The Kier molecular flexibility index (Phi) is 5.64. The molecular formula is C21H21O3S+. The second-order valence-electron chi connectivity index (χ2n) is 5.47. The normalized spacial score (nSPS) is 10.7. The molecule has 3 aromatic carbocycles. The van der Waals surface area contributed by atoms with Crippen molar-refractivity contribution in [3.8, 4) is 11.5 Å². The van der Waals surface area contributed by atoms with Crippen molar-refractivity contribution >= 4 is 10.9 Å². The van der Waals surface area contributed by atoms with Crippen LogP contribution in [-0.2, 0) is 17.5 Å². The Hall–Kier alpha value is -2.43. The maximum absolute atomic E-state index is 9.51. The van der Waals surface area contributed by atoms with Crippen molar-refractivity contribution in [2.75, 3.05) is 14.2 Å². The summed E-state index contributed by atoms with van der Waals surface area (Å²) in [7, 11) is 3.03. The van der Waals surface area contributed by atoms with Gasteiger partial charge >= 0.3 is 0 Å². The third-order valence-electron chi connectivity index (χ3n) is 3.87. The largest absolute Gasteiger partial charge is 0.497 e. The summed E-state index contributed by atoms with van der Waals surface area (Å²) in [5, 5.41) is 9.51. The average Bonchev–Trinajstić information content (AvgIpc) is 2.68. The summed E-state index contributed by atoms with van der Waals surface area (Å²) < 4.78 is 10.8. The fourth-order valence-electron chi connectivity index (χ4n) is 2.64. The lowest BCUT2D eigenvalue weighted by Gasteiger charge is -2.11. The second-order valence-corrected chi connectivity index (χ2v) is 7.50. The van der Waals surface area contributed by atoms with Crippen molar-refractivity contribution in [1.82, 2.24) is 0 Å². The van der Waals surface area contributed by atoms with E-state index in [0.717, 1.165) is 31.7 Å². The third-order valence-corrected chi connectivity index (χ3v) is 6.05. The van der Waals surface area contributed by atoms with Gasteiger partial charge < -0.3 is 14.6 Å². The number of aliphatic hydroxyl groups is 1. The molecule has 0 aliphatic heterocycles. The minimum absolute atomic E-state index is 0.0290. The molecule has 0 aromatic heterocycles. The third kappa shape index (κ3) is 3.98. The lowest BCUT2D eigenvalue weighted by molar-refractivity contribution is 0.281. The number of rotatable bonds is 6. The minimum atomic E-state index is -0.321. The zero-order valence-corrected chi connectivity index (χ0v) is 15.1. The van der Waals surface area contributed by atoms with Gasteiger partial charge in [-0.1, -0.05) is 24.3 Å². The number of hydrogen-bond acceptors (Lipinski definition) is 3. The van der Waals surface area contributed by atoms with Gasteiger partial charge in [-0.2, -0.15) is 0 Å². The summed E-state index contributed by atoms with van der Waals surface area (Å²) in [5.74, 6) is 1.66. The number of methoxy groups -OCH3 is 2. The van der Waals surface area contributed by atoms with Crippen LogP contribution in [0, 0.1) is 0 Å². The molecule has 1 N–H and O–H groups in total. The molecule has 0 amide bonds. The molecule has 0 bridgehead atoms. The standard InChI is InChI=1S/C21H21O3S/c1-23-17-7-4-10-20(13-17)25(19-9-3-6-16(12-19)15-22)21-11-5-8-18(14-21)24-2/h3-14,22H,15H2,1-2H3/q+1. The molecule has 0 aliphatic rings. The van der Waals surface area contributed by atoms with E-state index in [4.69, 9.17) is 9.47 Å². The number of aliphatic hydroxyl groups excluding tert-OH is 1. The van der Waals surface area contributed by atoms with E-state index in [9.17, 15) is 5.11 Å². The van der Waals surface area contributed by atoms with Gasteiger partial charge in [-0.3, -0.25) is 0 Å². The molecule has 0 saturated carbocycles. The SMILES string of the molecule is COc1cccc([S+](c2cccc(CO)c2)c2cccc(OC)c2)c1. The quantitative estimate of drug-likeness (QED) is 0.672. The molecule has 0 heterocycles. The number of ether oxygens (including phenoxy) is 2. The van der Waals surface area contributed by atoms with E-state index in [0.29, 0.717) is 0 Å². The summed E-state index contributed by atoms with van der Waals surface area (Å²) >= 11 is 0. The van der Waals surface area contributed by atoms with Crippen LogP contribution in [0.1, 0.15) is 5.56 Å². The topological polar surface area (TPSA) is 38.7 Å². The van der Waals surface area contributed by atoms with Crippen molar-refractivity contribution in [1.29, 1.82) is 0 Å². The van der Waals surface area contributed by atoms with Crippen LogP contribution in [0.2, 0.25) is 0 Å². The van der Waals surface area contributed by atoms with E-state index in [1.54, 1.807) is 14.2 Å². The molecule has 0 atom stereocenters. The van der Waals surface area contributed by atoms with Crippen LogP contribution < -0.4 is 9.47 Å². The van der Waals surface area contributed by atoms with Gasteiger partial charge in [-0.25, -0.2) is 0 Å². The Labute approximate surface area is 151 Å². The van der Waals surface area contributed by atoms with E-state index in [-0.39, 0.29) is 17.5 Å². The van der Waals surface area contributed by atoms with Gasteiger partial charge in [-0.15, -0.1) is 0 Å². The molecule has 0 saturated heterocycles. The van der Waals surface area contributed by atoms with E-state index in [1.165, 1.54) is 0 Å². The number of benzene rings is 3. The van der Waals surface area contributed by atoms with Gasteiger partial charge in [-0.05, 0) is 42.0 Å². The predicted molar refractivity (Wildman–Crippen MR) is 101 cm³/mol. The highest BCUT2D eigenvalue weighted by atomic mass is 32.2. The van der Waals surface area contributed by atoms with Gasteiger partial charge in [0.1, 0.15) is 11.5 Å². The maximum atomic E-state index is 9.51. The first kappa shape index (κ1) is 17.4.